The number of carboxylic acids is 3. The average molecular weight is 1400 g/mol. The number of rotatable bonds is 33. The van der Waals surface area contributed by atoms with Crippen molar-refractivity contribution in [3.8, 4) is 6.07 Å². The van der Waals surface area contributed by atoms with Gasteiger partial charge in [0.25, 0.3) is 5.92 Å². The molecule has 6 amide bonds. The van der Waals surface area contributed by atoms with E-state index in [9.17, 15) is 72.5 Å². The number of alkyl halides is 2. The lowest BCUT2D eigenvalue weighted by Gasteiger charge is -2.33. The Morgan fingerprint density at radius 2 is 1.41 bits per heavy atom. The summed E-state index contributed by atoms with van der Waals surface area (Å²) in [6.07, 6.45) is 4.37. The number of aryl methyl sites for hydroxylation is 1. The SMILES string of the molecule is N#C[C@@H]1CC(F)(F)CN1C(=O)[C@@H]1C[C@@H](CC(=O)N2Cc3cccc(Cn4cc(COCCCOCCNC(=O)C(CCCCNC(=O)CCCc5ccc(I)cc5)NC(=O)CN5CCN(CC(=O)O)CCN(CC(=O)O)CCN(CC(=O)O)CC5)nn4)c3C2)C(=O)N1. The molecule has 4 aliphatic heterocycles. The van der Waals surface area contributed by atoms with Gasteiger partial charge in [0.05, 0.1) is 64.7 Å². The summed E-state index contributed by atoms with van der Waals surface area (Å²) in [5.41, 5.74) is 4.51. The second-order valence-corrected chi connectivity index (χ2v) is 24.9. The molecule has 7 N–H and O–H groups in total. The van der Waals surface area contributed by atoms with E-state index < -0.39 is 84.5 Å². The molecule has 4 aliphatic rings. The Morgan fingerprint density at radius 1 is 0.772 bits per heavy atom. The fourth-order valence-electron chi connectivity index (χ4n) is 11.6. The minimum atomic E-state index is -3.20. The van der Waals surface area contributed by atoms with Crippen LogP contribution in [-0.2, 0) is 85.3 Å². The van der Waals surface area contributed by atoms with Gasteiger partial charge in [-0.25, -0.2) is 13.5 Å². The summed E-state index contributed by atoms with van der Waals surface area (Å²) < 4.78 is 42.5. The van der Waals surface area contributed by atoms with Crippen molar-refractivity contribution in [1.29, 1.82) is 5.26 Å². The van der Waals surface area contributed by atoms with E-state index in [2.05, 4.69) is 54.2 Å². The van der Waals surface area contributed by atoms with Gasteiger partial charge in [0.1, 0.15) is 23.8 Å². The van der Waals surface area contributed by atoms with E-state index in [1.165, 1.54) is 0 Å². The van der Waals surface area contributed by atoms with E-state index >= 15 is 0 Å². The number of hydrogen-bond acceptors (Lipinski definition) is 18. The summed E-state index contributed by atoms with van der Waals surface area (Å²) >= 11 is 2.24. The van der Waals surface area contributed by atoms with Gasteiger partial charge in [0.2, 0.25) is 35.4 Å². The fourth-order valence-corrected chi connectivity index (χ4v) is 11.9. The molecule has 0 radical (unpaired) electrons. The average Bonchev–Trinajstić information content (AvgIpc) is 1.66. The summed E-state index contributed by atoms with van der Waals surface area (Å²) in [5.74, 6) is -9.85. The van der Waals surface area contributed by atoms with Crippen LogP contribution in [0, 0.1) is 20.8 Å². The Bertz CT molecular complexity index is 3030. The standard InChI is InChI=1S/C61H83F2IN14O14/c62-61(63)30-48(31-65)78(41-61)60(90)51-28-45(58(88)69-51)29-54(81)76-32-43-7-4-8-44(49(43)35-76)33-77-34-47(70-71-77)40-92-26-5-25-91-27-16-67-59(89)50(9-1-2-15-66-52(79)10-3-6-42-11-13-46(64)14-12-42)68-53(80)36-72-17-19-73(37-55(82)83)21-23-75(39-57(86)87)24-22-74(20-18-72)38-56(84)85/h4,7-8,11-14,34,45,48,50-51H,1-3,5-6,9-10,15-30,32-33,35-41H2,(H,66,79)(H,67,89)(H,68,80)(H,69,88)(H,82,83)(H,84,85)(H,86,87)/t45-,48-,50?,51-/m0/s1. The third-order valence-corrected chi connectivity index (χ3v) is 17.1. The minimum Gasteiger partial charge on any atom is -0.480 e. The molecule has 3 fully saturated rings. The predicted molar refractivity (Wildman–Crippen MR) is 333 cm³/mol. The van der Waals surface area contributed by atoms with Gasteiger partial charge < -0.3 is 55.9 Å². The first-order chi connectivity index (χ1) is 44.1. The zero-order valence-corrected chi connectivity index (χ0v) is 53.7. The maximum absolute atomic E-state index is 14.0. The first-order valence-electron chi connectivity index (χ1n) is 31.0. The Labute approximate surface area is 545 Å². The molecule has 0 bridgehead atoms. The largest absolute Gasteiger partial charge is 0.480 e. The number of benzene rings is 2. The summed E-state index contributed by atoms with van der Waals surface area (Å²) in [5, 5.41) is 57.9. The number of aliphatic carboxylic acids is 3. The van der Waals surface area contributed by atoms with Crippen LogP contribution in [-0.4, -0.2) is 255 Å². The van der Waals surface area contributed by atoms with Gasteiger partial charge in [-0.2, -0.15) is 5.26 Å². The summed E-state index contributed by atoms with van der Waals surface area (Å²) in [6, 6.07) is 12.3. The van der Waals surface area contributed by atoms with Crippen LogP contribution in [0.1, 0.15) is 85.7 Å². The van der Waals surface area contributed by atoms with Crippen LogP contribution < -0.4 is 21.3 Å². The highest BCUT2D eigenvalue weighted by atomic mass is 127. The molecule has 502 valence electrons. The highest BCUT2D eigenvalue weighted by molar-refractivity contribution is 14.1. The van der Waals surface area contributed by atoms with E-state index in [0.29, 0.717) is 70.6 Å². The van der Waals surface area contributed by atoms with Gasteiger partial charge in [0, 0.05) is 121 Å². The summed E-state index contributed by atoms with van der Waals surface area (Å²) in [6.45, 7) is 2.07. The first kappa shape index (κ1) is 72.1. The zero-order valence-electron chi connectivity index (χ0n) is 51.5. The molecule has 28 nitrogen and oxygen atoms in total. The van der Waals surface area contributed by atoms with Crippen molar-refractivity contribution < 1.29 is 76.7 Å². The Hall–Kier alpha value is -7.35. The number of nitrogens with one attached hydrogen (secondary N) is 4. The van der Waals surface area contributed by atoms with Crippen molar-refractivity contribution in [3.63, 3.8) is 0 Å². The number of carbonyl (C=O) groups excluding carboxylic acids is 6. The van der Waals surface area contributed by atoms with E-state index in [4.69, 9.17) is 9.47 Å². The van der Waals surface area contributed by atoms with Gasteiger partial charge in [-0.15, -0.1) is 5.10 Å². The molecule has 0 aliphatic carbocycles. The number of fused-ring (bicyclic) bond motifs is 1. The number of halogens is 3. The Balaban J connectivity index is 0.832. The van der Waals surface area contributed by atoms with E-state index in [1.54, 1.807) is 41.4 Å². The van der Waals surface area contributed by atoms with Gasteiger partial charge in [-0.1, -0.05) is 35.5 Å². The number of amides is 6. The zero-order chi connectivity index (χ0) is 66.2. The molecule has 4 atom stereocenters. The lowest BCUT2D eigenvalue weighted by atomic mass is 9.99. The second kappa shape index (κ2) is 36.2. The van der Waals surface area contributed by atoms with Crippen molar-refractivity contribution in [2.45, 2.75) is 114 Å². The molecule has 3 saturated heterocycles. The number of hydrogen-bond donors (Lipinski definition) is 7. The third kappa shape index (κ3) is 24.0. The molecule has 0 spiro atoms. The van der Waals surface area contributed by atoms with E-state index in [0.717, 1.165) is 37.1 Å². The topological polar surface area (TPSA) is 355 Å². The van der Waals surface area contributed by atoms with Gasteiger partial charge >= 0.3 is 17.9 Å². The summed E-state index contributed by atoms with van der Waals surface area (Å²) in [4.78, 5) is 124. The fraction of sp³-hybridized carbons (Fsp3) is 0.607. The molecular formula is C61H83F2IN14O14. The molecule has 1 unspecified atom stereocenters. The lowest BCUT2D eigenvalue weighted by molar-refractivity contribution is -0.140. The molecular weight excluding hydrogens is 1320 g/mol. The number of aromatic nitrogens is 3. The van der Waals surface area contributed by atoms with Crippen LogP contribution in [0.5, 0.6) is 0 Å². The van der Waals surface area contributed by atoms with E-state index in [-0.39, 0.29) is 136 Å². The van der Waals surface area contributed by atoms with Gasteiger partial charge in [-0.3, -0.25) is 62.8 Å². The van der Waals surface area contributed by atoms with Gasteiger partial charge in [-0.05, 0) is 102 Å². The molecule has 92 heavy (non-hydrogen) atoms. The number of carboxylic acid groups (broad SMARTS) is 3. The van der Waals surface area contributed by atoms with Crippen LogP contribution in [0.15, 0.2) is 48.7 Å². The normalized spacial score (nSPS) is 19.5. The van der Waals surface area contributed by atoms with E-state index in [1.807, 2.05) is 42.5 Å². The molecule has 3 aromatic rings. The molecule has 1 aromatic heterocycles. The highest BCUT2D eigenvalue weighted by Crippen LogP contribution is 2.34. The second-order valence-electron chi connectivity index (χ2n) is 23.6. The summed E-state index contributed by atoms with van der Waals surface area (Å²) in [7, 11) is 0. The quantitative estimate of drug-likeness (QED) is 0.0327. The maximum Gasteiger partial charge on any atom is 0.317 e. The first-order valence-corrected chi connectivity index (χ1v) is 32.1. The number of likely N-dealkylation sites (tertiary alicyclic amines) is 1. The highest BCUT2D eigenvalue weighted by Gasteiger charge is 2.50. The molecule has 7 rings (SSSR count). The molecule has 31 heteroatoms. The van der Waals surface area contributed by atoms with Gasteiger partial charge in [0.15, 0.2) is 0 Å². The third-order valence-electron chi connectivity index (χ3n) is 16.4. The minimum absolute atomic E-state index is 0.0460. The number of nitrogens with zero attached hydrogens (tertiary/aromatic N) is 10. The Morgan fingerprint density at radius 3 is 2.05 bits per heavy atom. The molecule has 2 aromatic carbocycles. The molecule has 0 saturated carbocycles. The van der Waals surface area contributed by atoms with Crippen molar-refractivity contribution in [2.24, 2.45) is 5.92 Å². The number of unbranched alkanes of at least 4 members (excludes halogenated alkanes) is 1. The van der Waals surface area contributed by atoms with Crippen molar-refractivity contribution in [2.75, 3.05) is 118 Å². The van der Waals surface area contributed by atoms with Crippen molar-refractivity contribution in [3.05, 3.63) is 80.2 Å². The lowest BCUT2D eigenvalue weighted by Crippen LogP contribution is -2.52. The Kier molecular flexibility index (Phi) is 28.4. The van der Waals surface area contributed by atoms with Crippen LogP contribution >= 0.6 is 22.6 Å². The van der Waals surface area contributed by atoms with Crippen LogP contribution in [0.2, 0.25) is 0 Å². The predicted octanol–water partition coefficient (Wildman–Crippen LogP) is 0.737. The smallest absolute Gasteiger partial charge is 0.317 e. The van der Waals surface area contributed by atoms with Crippen LogP contribution in [0.25, 0.3) is 0 Å². The number of carbonyl (C=O) groups is 9. The maximum atomic E-state index is 14.0. The number of ether oxygens (including phenoxy) is 2. The van der Waals surface area contributed by atoms with Crippen molar-refractivity contribution in [1.82, 2.24) is 65.7 Å². The monoisotopic (exact) mass is 1400 g/mol. The number of nitriles is 1. The van der Waals surface area contributed by atoms with Crippen LogP contribution in [0.3, 0.4) is 0 Å². The van der Waals surface area contributed by atoms with Crippen LogP contribution in [0.4, 0.5) is 8.78 Å². The molecule has 5 heterocycles. The van der Waals surface area contributed by atoms with Crippen molar-refractivity contribution >= 4 is 75.9 Å².